The number of carbonyl (C=O) groups excluding carboxylic acids is 1. The minimum absolute atomic E-state index is 0.0318. The molecule has 0 aliphatic carbocycles. The Morgan fingerprint density at radius 3 is 2.57 bits per heavy atom. The molecule has 0 aliphatic heterocycles. The van der Waals surface area contributed by atoms with E-state index in [0.717, 1.165) is 5.56 Å². The monoisotopic (exact) mass is 194 g/mol. The summed E-state index contributed by atoms with van der Waals surface area (Å²) in [7, 11) is 0. The van der Waals surface area contributed by atoms with Crippen LogP contribution in [0.25, 0.3) is 0 Å². The van der Waals surface area contributed by atoms with Gasteiger partial charge in [0.1, 0.15) is 11.3 Å². The molecular formula is C11H14O3. The zero-order chi connectivity index (χ0) is 10.7. The van der Waals surface area contributed by atoms with E-state index in [2.05, 4.69) is 0 Å². The van der Waals surface area contributed by atoms with Gasteiger partial charge in [-0.3, -0.25) is 0 Å². The predicted molar refractivity (Wildman–Crippen MR) is 53.4 cm³/mol. The van der Waals surface area contributed by atoms with Crippen molar-refractivity contribution in [1.82, 2.24) is 0 Å². The number of hydrogen-bond acceptors (Lipinski definition) is 3. The van der Waals surface area contributed by atoms with Crippen molar-refractivity contribution in [2.75, 3.05) is 0 Å². The molecule has 0 aliphatic rings. The molecule has 0 radical (unpaired) electrons. The summed E-state index contributed by atoms with van der Waals surface area (Å²) >= 11 is 0. The van der Waals surface area contributed by atoms with Crippen LogP contribution in [-0.2, 0) is 4.74 Å². The lowest BCUT2D eigenvalue weighted by atomic mass is 10.1. The van der Waals surface area contributed by atoms with E-state index in [0.29, 0.717) is 0 Å². The molecule has 0 fully saturated rings. The molecule has 0 saturated carbocycles. The standard InChI is InChI=1S/C11H14O3/c1-7(2)14-11(13)10-8(3)5-4-6-9(10)12/h4-7,12H,1-3H3. The third-order valence-electron chi connectivity index (χ3n) is 1.80. The Morgan fingerprint density at radius 2 is 2.07 bits per heavy atom. The zero-order valence-electron chi connectivity index (χ0n) is 8.57. The lowest BCUT2D eigenvalue weighted by Crippen LogP contribution is -2.12. The second kappa shape index (κ2) is 4.13. The van der Waals surface area contributed by atoms with E-state index in [1.807, 2.05) is 0 Å². The van der Waals surface area contributed by atoms with Gasteiger partial charge in [-0.2, -0.15) is 0 Å². The number of phenolic OH excluding ortho intramolecular Hbond substituents is 1. The summed E-state index contributed by atoms with van der Waals surface area (Å²) in [6, 6.07) is 4.93. The Labute approximate surface area is 83.3 Å². The fraction of sp³-hybridized carbons (Fsp3) is 0.364. The summed E-state index contributed by atoms with van der Waals surface area (Å²) < 4.78 is 5.00. The van der Waals surface area contributed by atoms with E-state index in [9.17, 15) is 9.90 Å². The Balaban J connectivity index is 3.00. The minimum Gasteiger partial charge on any atom is -0.507 e. The number of phenols is 1. The molecular weight excluding hydrogens is 180 g/mol. The van der Waals surface area contributed by atoms with Gasteiger partial charge in [-0.1, -0.05) is 12.1 Å². The van der Waals surface area contributed by atoms with Gasteiger partial charge in [-0.05, 0) is 32.4 Å². The molecule has 0 atom stereocenters. The molecule has 3 nitrogen and oxygen atoms in total. The van der Waals surface area contributed by atoms with Gasteiger partial charge in [0.25, 0.3) is 0 Å². The Bertz CT molecular complexity index is 322. The van der Waals surface area contributed by atoms with Crippen LogP contribution < -0.4 is 0 Å². The van der Waals surface area contributed by atoms with Gasteiger partial charge in [0.05, 0.1) is 6.10 Å². The van der Waals surface area contributed by atoms with Crippen molar-refractivity contribution in [3.63, 3.8) is 0 Å². The molecule has 14 heavy (non-hydrogen) atoms. The summed E-state index contributed by atoms with van der Waals surface area (Å²) in [6.45, 7) is 5.30. The average Bonchev–Trinajstić information content (AvgIpc) is 2.01. The first-order chi connectivity index (χ1) is 6.52. The molecule has 0 amide bonds. The van der Waals surface area contributed by atoms with Gasteiger partial charge in [-0.25, -0.2) is 4.79 Å². The summed E-state index contributed by atoms with van der Waals surface area (Å²) in [5, 5.41) is 9.47. The van der Waals surface area contributed by atoms with Crippen molar-refractivity contribution >= 4 is 5.97 Å². The fourth-order valence-corrected chi connectivity index (χ4v) is 1.19. The topological polar surface area (TPSA) is 46.5 Å². The quantitative estimate of drug-likeness (QED) is 0.734. The van der Waals surface area contributed by atoms with Crippen LogP contribution in [0.1, 0.15) is 29.8 Å². The van der Waals surface area contributed by atoms with E-state index in [-0.39, 0.29) is 17.4 Å². The van der Waals surface area contributed by atoms with Crippen molar-refractivity contribution in [2.24, 2.45) is 0 Å². The lowest BCUT2D eigenvalue weighted by molar-refractivity contribution is 0.0374. The van der Waals surface area contributed by atoms with Crippen molar-refractivity contribution in [2.45, 2.75) is 26.9 Å². The maximum absolute atomic E-state index is 11.5. The van der Waals surface area contributed by atoms with Crippen molar-refractivity contribution in [1.29, 1.82) is 0 Å². The van der Waals surface area contributed by atoms with Gasteiger partial charge >= 0.3 is 5.97 Å². The number of hydrogen-bond donors (Lipinski definition) is 1. The normalized spacial score (nSPS) is 10.3. The third-order valence-corrected chi connectivity index (χ3v) is 1.80. The number of carbonyl (C=O) groups is 1. The highest BCUT2D eigenvalue weighted by atomic mass is 16.5. The maximum atomic E-state index is 11.5. The highest BCUT2D eigenvalue weighted by Gasteiger charge is 2.15. The Kier molecular flexibility index (Phi) is 3.12. The SMILES string of the molecule is Cc1cccc(O)c1C(=O)OC(C)C. The molecule has 76 valence electrons. The lowest BCUT2D eigenvalue weighted by Gasteiger charge is -2.10. The molecule has 1 rings (SSSR count). The van der Waals surface area contributed by atoms with Gasteiger partial charge in [0.2, 0.25) is 0 Å². The number of benzene rings is 1. The second-order valence-electron chi connectivity index (χ2n) is 3.42. The number of rotatable bonds is 2. The van der Waals surface area contributed by atoms with Crippen molar-refractivity contribution in [3.8, 4) is 5.75 Å². The summed E-state index contributed by atoms with van der Waals surface area (Å²) in [5.41, 5.74) is 0.969. The van der Waals surface area contributed by atoms with Crippen LogP contribution in [-0.4, -0.2) is 17.2 Å². The van der Waals surface area contributed by atoms with Crippen LogP contribution in [0.15, 0.2) is 18.2 Å². The van der Waals surface area contributed by atoms with E-state index in [1.165, 1.54) is 6.07 Å². The third kappa shape index (κ3) is 2.25. The van der Waals surface area contributed by atoms with Gasteiger partial charge in [-0.15, -0.1) is 0 Å². The minimum atomic E-state index is -0.476. The summed E-state index contributed by atoms with van der Waals surface area (Å²) in [4.78, 5) is 11.5. The highest BCUT2D eigenvalue weighted by molar-refractivity contribution is 5.94. The Morgan fingerprint density at radius 1 is 1.43 bits per heavy atom. The zero-order valence-corrected chi connectivity index (χ0v) is 8.57. The molecule has 0 unspecified atom stereocenters. The molecule has 1 aromatic carbocycles. The molecule has 0 heterocycles. The largest absolute Gasteiger partial charge is 0.507 e. The van der Waals surface area contributed by atoms with E-state index in [4.69, 9.17) is 4.74 Å². The number of esters is 1. The summed E-state index contributed by atoms with van der Waals surface area (Å²) in [5.74, 6) is -0.508. The second-order valence-corrected chi connectivity index (χ2v) is 3.42. The van der Waals surface area contributed by atoms with Gasteiger partial charge < -0.3 is 9.84 Å². The van der Waals surface area contributed by atoms with Crippen LogP contribution >= 0.6 is 0 Å². The van der Waals surface area contributed by atoms with Crippen LogP contribution in [0.5, 0.6) is 5.75 Å². The Hall–Kier alpha value is -1.51. The number of aryl methyl sites for hydroxylation is 1. The van der Waals surface area contributed by atoms with Crippen LogP contribution in [0.3, 0.4) is 0 Å². The predicted octanol–water partition coefficient (Wildman–Crippen LogP) is 2.27. The average molecular weight is 194 g/mol. The molecule has 3 heteroatoms. The highest BCUT2D eigenvalue weighted by Crippen LogP contribution is 2.21. The first-order valence-electron chi connectivity index (χ1n) is 4.52. The molecule has 0 bridgehead atoms. The van der Waals surface area contributed by atoms with E-state index < -0.39 is 5.97 Å². The van der Waals surface area contributed by atoms with E-state index in [1.54, 1.807) is 32.9 Å². The smallest absolute Gasteiger partial charge is 0.342 e. The first-order valence-corrected chi connectivity index (χ1v) is 4.52. The first kappa shape index (κ1) is 10.6. The van der Waals surface area contributed by atoms with Gasteiger partial charge in [0, 0.05) is 0 Å². The van der Waals surface area contributed by atoms with Crippen molar-refractivity contribution in [3.05, 3.63) is 29.3 Å². The summed E-state index contributed by atoms with van der Waals surface area (Å²) in [6.07, 6.45) is -0.179. The van der Waals surface area contributed by atoms with Gasteiger partial charge in [0.15, 0.2) is 0 Å². The number of aromatic hydroxyl groups is 1. The van der Waals surface area contributed by atoms with Crippen LogP contribution in [0.4, 0.5) is 0 Å². The molecule has 0 spiro atoms. The van der Waals surface area contributed by atoms with Crippen LogP contribution in [0.2, 0.25) is 0 Å². The van der Waals surface area contributed by atoms with Crippen LogP contribution in [0, 0.1) is 6.92 Å². The molecule has 1 aromatic rings. The molecule has 1 N–H and O–H groups in total. The fourth-order valence-electron chi connectivity index (χ4n) is 1.19. The number of ether oxygens (including phenoxy) is 1. The molecule has 0 saturated heterocycles. The van der Waals surface area contributed by atoms with E-state index >= 15 is 0 Å². The molecule has 0 aromatic heterocycles. The van der Waals surface area contributed by atoms with Crippen molar-refractivity contribution < 1.29 is 14.6 Å². The maximum Gasteiger partial charge on any atom is 0.342 e.